The highest BCUT2D eigenvalue weighted by molar-refractivity contribution is 6.23. The van der Waals surface area contributed by atoms with E-state index in [1.807, 2.05) is 0 Å². The molecule has 2 heterocycles. The van der Waals surface area contributed by atoms with Crippen LogP contribution in [-0.2, 0) is 23.9 Å². The predicted octanol–water partition coefficient (Wildman–Crippen LogP) is 2.87. The van der Waals surface area contributed by atoms with Gasteiger partial charge < -0.3 is 14.4 Å². The summed E-state index contributed by atoms with van der Waals surface area (Å²) >= 11 is 0. The average molecular weight is 538 g/mol. The number of ether oxygens (including phenoxy) is 2. The van der Waals surface area contributed by atoms with Gasteiger partial charge in [-0.15, -0.1) is 0 Å². The van der Waals surface area contributed by atoms with E-state index in [0.717, 1.165) is 32.4 Å². The number of imide groups is 1. The van der Waals surface area contributed by atoms with Crippen LogP contribution in [0.1, 0.15) is 62.2 Å². The Morgan fingerprint density at radius 3 is 2.21 bits per heavy atom. The zero-order valence-electron chi connectivity index (χ0n) is 22.8. The molecule has 7 rings (SSSR count). The highest BCUT2D eigenvalue weighted by Gasteiger charge is 2.57. The summed E-state index contributed by atoms with van der Waals surface area (Å²) in [4.78, 5) is 58.9. The molecule has 4 aliphatic carbocycles. The molecule has 9 heteroatoms. The number of benzene rings is 1. The molecule has 0 spiro atoms. The van der Waals surface area contributed by atoms with E-state index in [0.29, 0.717) is 55.3 Å². The van der Waals surface area contributed by atoms with Crippen LogP contribution in [0.4, 0.5) is 5.69 Å². The molecule has 39 heavy (non-hydrogen) atoms. The van der Waals surface area contributed by atoms with Gasteiger partial charge in [-0.2, -0.15) is 0 Å². The summed E-state index contributed by atoms with van der Waals surface area (Å²) in [5, 5.41) is 0. The van der Waals surface area contributed by atoms with Crippen molar-refractivity contribution in [2.75, 3.05) is 50.9 Å². The minimum atomic E-state index is -0.802. The molecule has 2 saturated heterocycles. The fourth-order valence-electron chi connectivity index (χ4n) is 8.24. The van der Waals surface area contributed by atoms with E-state index in [1.54, 1.807) is 36.1 Å². The number of carbonyl (C=O) groups excluding carboxylic acids is 4. The first-order chi connectivity index (χ1) is 18.9. The Morgan fingerprint density at radius 1 is 1.00 bits per heavy atom. The fraction of sp³-hybridized carbons (Fsp3) is 0.667. The van der Waals surface area contributed by atoms with Crippen molar-refractivity contribution in [1.82, 2.24) is 9.80 Å². The molecule has 6 fully saturated rings. The second-order valence-corrected chi connectivity index (χ2v) is 12.2. The Kier molecular flexibility index (Phi) is 7.22. The highest BCUT2D eigenvalue weighted by Crippen LogP contribution is 2.60. The second-order valence-electron chi connectivity index (χ2n) is 12.2. The van der Waals surface area contributed by atoms with Gasteiger partial charge in [0.1, 0.15) is 6.04 Å². The van der Waals surface area contributed by atoms with Gasteiger partial charge in [0, 0.05) is 26.2 Å². The number of amides is 3. The molecule has 1 unspecified atom stereocenters. The van der Waals surface area contributed by atoms with E-state index >= 15 is 0 Å². The Balaban J connectivity index is 1.24. The molecule has 9 nitrogen and oxygen atoms in total. The average Bonchev–Trinajstić information content (AvgIpc) is 3.22. The molecule has 1 atom stereocenters. The van der Waals surface area contributed by atoms with Gasteiger partial charge in [0.05, 0.1) is 42.9 Å². The number of morpholine rings is 1. The van der Waals surface area contributed by atoms with Crippen LogP contribution in [-0.4, -0.2) is 85.5 Å². The van der Waals surface area contributed by atoms with Gasteiger partial charge in [0.2, 0.25) is 11.8 Å². The minimum Gasteiger partial charge on any atom is -0.462 e. The topological polar surface area (TPSA) is 96.5 Å². The summed E-state index contributed by atoms with van der Waals surface area (Å²) in [6.07, 6.45) is 6.43. The van der Waals surface area contributed by atoms with Crippen molar-refractivity contribution in [3.05, 3.63) is 29.8 Å². The van der Waals surface area contributed by atoms with E-state index in [9.17, 15) is 19.2 Å². The van der Waals surface area contributed by atoms with Crippen LogP contribution in [0.25, 0.3) is 0 Å². The molecule has 0 aromatic heterocycles. The quantitative estimate of drug-likeness (QED) is 0.372. The number of esters is 1. The van der Waals surface area contributed by atoms with Crippen LogP contribution in [0.15, 0.2) is 24.3 Å². The van der Waals surface area contributed by atoms with Crippen LogP contribution in [0.2, 0.25) is 0 Å². The van der Waals surface area contributed by atoms with E-state index in [-0.39, 0.29) is 30.7 Å². The van der Waals surface area contributed by atoms with E-state index < -0.39 is 17.4 Å². The molecular formula is C30H39N3O6. The van der Waals surface area contributed by atoms with E-state index in [4.69, 9.17) is 9.47 Å². The lowest BCUT2D eigenvalue weighted by Crippen LogP contribution is -2.58. The molecule has 3 amide bonds. The van der Waals surface area contributed by atoms with Crippen LogP contribution < -0.4 is 4.90 Å². The van der Waals surface area contributed by atoms with Gasteiger partial charge in [0.15, 0.2) is 0 Å². The summed E-state index contributed by atoms with van der Waals surface area (Å²) < 4.78 is 10.5. The van der Waals surface area contributed by atoms with Crippen molar-refractivity contribution >= 4 is 29.4 Å². The lowest BCUT2D eigenvalue weighted by molar-refractivity contribution is -0.162. The van der Waals surface area contributed by atoms with Crippen molar-refractivity contribution in [2.45, 2.75) is 57.9 Å². The number of hydrogen-bond acceptors (Lipinski definition) is 7. The first-order valence-electron chi connectivity index (χ1n) is 14.6. The van der Waals surface area contributed by atoms with Gasteiger partial charge >= 0.3 is 5.97 Å². The van der Waals surface area contributed by atoms with Gasteiger partial charge in [0.25, 0.3) is 5.91 Å². The van der Waals surface area contributed by atoms with Crippen LogP contribution in [0.3, 0.4) is 0 Å². The zero-order chi connectivity index (χ0) is 27.1. The van der Waals surface area contributed by atoms with Crippen LogP contribution >= 0.6 is 0 Å². The maximum Gasteiger partial charge on any atom is 0.338 e. The number of rotatable bonds is 8. The molecule has 1 aromatic carbocycles. The Hall–Kier alpha value is -2.78. The molecule has 0 N–H and O–H groups in total. The standard InChI is InChI=1S/C30H39N3O6/c1-2-39-28(36)23-3-5-24(6-4-23)33-26(34)16-25(27(33)35)32(8-7-31-9-11-38-12-10-31)29(37)30-17-20-13-21(18-30)15-22(14-20)19-30/h3-6,20-22,25H,2,7-19H2,1H3. The number of carbonyl (C=O) groups is 4. The zero-order valence-corrected chi connectivity index (χ0v) is 22.8. The third-order valence-electron chi connectivity index (χ3n) is 9.65. The summed E-state index contributed by atoms with van der Waals surface area (Å²) in [5.41, 5.74) is 0.383. The SMILES string of the molecule is CCOC(=O)c1ccc(N2C(=O)CC(N(CCN3CCOCC3)C(=O)C34CC5CC(CC(C5)C3)C4)C2=O)cc1. The van der Waals surface area contributed by atoms with Gasteiger partial charge in [-0.25, -0.2) is 9.69 Å². The maximum atomic E-state index is 14.5. The Labute approximate surface area is 229 Å². The molecule has 1 aromatic rings. The molecule has 2 aliphatic heterocycles. The van der Waals surface area contributed by atoms with Crippen molar-refractivity contribution in [3.8, 4) is 0 Å². The minimum absolute atomic E-state index is 0.0142. The summed E-state index contributed by atoms with van der Waals surface area (Å²) in [6, 6.07) is 5.53. The Bertz CT molecular complexity index is 1090. The first-order valence-corrected chi connectivity index (χ1v) is 14.6. The van der Waals surface area contributed by atoms with Gasteiger partial charge in [-0.1, -0.05) is 0 Å². The molecule has 4 bridgehead atoms. The van der Waals surface area contributed by atoms with Gasteiger partial charge in [-0.3, -0.25) is 19.3 Å². The number of nitrogens with zero attached hydrogens (tertiary/aromatic N) is 3. The third-order valence-corrected chi connectivity index (χ3v) is 9.65. The maximum absolute atomic E-state index is 14.5. The lowest BCUT2D eigenvalue weighted by atomic mass is 9.49. The van der Waals surface area contributed by atoms with Crippen LogP contribution in [0.5, 0.6) is 0 Å². The lowest BCUT2D eigenvalue weighted by Gasteiger charge is -2.57. The fourth-order valence-corrected chi connectivity index (χ4v) is 8.24. The molecule has 6 aliphatic rings. The molecule has 4 saturated carbocycles. The molecule has 210 valence electrons. The number of hydrogen-bond donors (Lipinski definition) is 0. The Morgan fingerprint density at radius 2 is 1.62 bits per heavy atom. The monoisotopic (exact) mass is 537 g/mol. The van der Waals surface area contributed by atoms with Crippen molar-refractivity contribution in [2.24, 2.45) is 23.2 Å². The van der Waals surface area contributed by atoms with Crippen LogP contribution in [0, 0.1) is 23.2 Å². The van der Waals surface area contributed by atoms with Crippen molar-refractivity contribution in [3.63, 3.8) is 0 Å². The van der Waals surface area contributed by atoms with E-state index in [1.165, 1.54) is 24.2 Å². The largest absolute Gasteiger partial charge is 0.462 e. The van der Waals surface area contributed by atoms with E-state index in [2.05, 4.69) is 4.90 Å². The van der Waals surface area contributed by atoms with Crippen molar-refractivity contribution in [1.29, 1.82) is 0 Å². The summed E-state index contributed by atoms with van der Waals surface area (Å²) in [6.45, 7) is 6.03. The van der Waals surface area contributed by atoms with Gasteiger partial charge in [-0.05, 0) is 87.5 Å². The smallest absolute Gasteiger partial charge is 0.338 e. The predicted molar refractivity (Wildman–Crippen MR) is 143 cm³/mol. The summed E-state index contributed by atoms with van der Waals surface area (Å²) in [7, 11) is 0. The highest BCUT2D eigenvalue weighted by atomic mass is 16.5. The summed E-state index contributed by atoms with van der Waals surface area (Å²) in [5.74, 6) is 0.786. The normalized spacial score (nSPS) is 32.1. The van der Waals surface area contributed by atoms with Crippen molar-refractivity contribution < 1.29 is 28.7 Å². The molecule has 0 radical (unpaired) electrons. The number of anilines is 1. The third kappa shape index (κ3) is 4.99. The molecular weight excluding hydrogens is 498 g/mol. The first kappa shape index (κ1) is 26.4. The second kappa shape index (κ2) is 10.7.